The number of fused-ring (bicyclic) bond motifs is 1. The van der Waals surface area contributed by atoms with Gasteiger partial charge in [0, 0.05) is 6.20 Å². The van der Waals surface area contributed by atoms with E-state index in [1.54, 1.807) is 25.6 Å². The van der Waals surface area contributed by atoms with Crippen molar-refractivity contribution in [1.29, 1.82) is 0 Å². The number of allylic oxidation sites excluding steroid dienone is 1. The third-order valence-electron chi connectivity index (χ3n) is 6.39. The summed E-state index contributed by atoms with van der Waals surface area (Å²) >= 11 is 0. The Morgan fingerprint density at radius 1 is 1.21 bits per heavy atom. The van der Waals surface area contributed by atoms with Crippen LogP contribution in [0.3, 0.4) is 0 Å². The SMILES string of the molecule is COc1cc(/C=C2\O[C@@H](C)CC3C2=NO[C@]3(C)c2ccc(F)cc2)ccc1-n1cnc(C)c1. The molecule has 0 N–H and O–H groups in total. The fraction of sp³-hybridized carbons (Fsp3) is 0.308. The largest absolute Gasteiger partial charge is 0.495 e. The topological polar surface area (TPSA) is 57.9 Å². The first-order valence-electron chi connectivity index (χ1n) is 11.0. The van der Waals surface area contributed by atoms with Crippen LogP contribution in [0.4, 0.5) is 4.39 Å². The van der Waals surface area contributed by atoms with E-state index in [1.807, 2.05) is 55.8 Å². The minimum atomic E-state index is -0.680. The summed E-state index contributed by atoms with van der Waals surface area (Å²) in [5.74, 6) is 1.12. The van der Waals surface area contributed by atoms with Crippen molar-refractivity contribution in [2.45, 2.75) is 38.9 Å². The summed E-state index contributed by atoms with van der Waals surface area (Å²) in [7, 11) is 1.65. The van der Waals surface area contributed by atoms with E-state index in [0.717, 1.165) is 40.4 Å². The maximum absolute atomic E-state index is 13.5. The minimum absolute atomic E-state index is 0.00643. The Morgan fingerprint density at radius 2 is 2.00 bits per heavy atom. The van der Waals surface area contributed by atoms with E-state index in [1.165, 1.54) is 12.1 Å². The van der Waals surface area contributed by atoms with Gasteiger partial charge in [0.1, 0.15) is 23.0 Å². The van der Waals surface area contributed by atoms with Gasteiger partial charge in [-0.1, -0.05) is 23.4 Å². The molecule has 170 valence electrons. The number of aryl methyl sites for hydroxylation is 1. The number of methoxy groups -OCH3 is 1. The van der Waals surface area contributed by atoms with Crippen LogP contribution in [0.15, 0.2) is 65.9 Å². The van der Waals surface area contributed by atoms with Gasteiger partial charge in [-0.3, -0.25) is 0 Å². The van der Waals surface area contributed by atoms with Gasteiger partial charge in [0.15, 0.2) is 5.60 Å². The predicted molar refractivity (Wildman–Crippen MR) is 124 cm³/mol. The summed E-state index contributed by atoms with van der Waals surface area (Å²) in [5.41, 5.74) is 3.74. The minimum Gasteiger partial charge on any atom is -0.495 e. The number of ether oxygens (including phenoxy) is 2. The second-order valence-electron chi connectivity index (χ2n) is 8.76. The van der Waals surface area contributed by atoms with E-state index < -0.39 is 5.60 Å². The van der Waals surface area contributed by atoms with Gasteiger partial charge in [0.2, 0.25) is 0 Å². The van der Waals surface area contributed by atoms with E-state index in [2.05, 4.69) is 10.1 Å². The van der Waals surface area contributed by atoms with Crippen molar-refractivity contribution in [3.63, 3.8) is 0 Å². The number of halogens is 1. The van der Waals surface area contributed by atoms with Crippen LogP contribution < -0.4 is 4.74 Å². The van der Waals surface area contributed by atoms with Crippen LogP contribution in [-0.2, 0) is 15.2 Å². The fourth-order valence-corrected chi connectivity index (χ4v) is 4.59. The zero-order valence-corrected chi connectivity index (χ0v) is 19.1. The highest BCUT2D eigenvalue weighted by molar-refractivity contribution is 6.05. The highest BCUT2D eigenvalue weighted by Gasteiger charge is 2.51. The van der Waals surface area contributed by atoms with Crippen molar-refractivity contribution in [3.05, 3.63) is 83.4 Å². The molecule has 3 heterocycles. The number of nitrogens with zero attached hydrogens (tertiary/aromatic N) is 3. The van der Waals surface area contributed by atoms with Gasteiger partial charge < -0.3 is 18.9 Å². The van der Waals surface area contributed by atoms with Gasteiger partial charge in [-0.2, -0.15) is 0 Å². The van der Waals surface area contributed by atoms with Crippen molar-refractivity contribution in [2.75, 3.05) is 7.11 Å². The van der Waals surface area contributed by atoms with Crippen LogP contribution in [0.25, 0.3) is 11.8 Å². The number of hydrogen-bond acceptors (Lipinski definition) is 5. The third kappa shape index (κ3) is 3.77. The average molecular weight is 448 g/mol. The molecule has 5 rings (SSSR count). The Bertz CT molecular complexity index is 1250. The number of hydrogen-bond donors (Lipinski definition) is 0. The zero-order valence-electron chi connectivity index (χ0n) is 19.1. The molecule has 1 fully saturated rings. The molecular formula is C26H26FN3O3. The Morgan fingerprint density at radius 3 is 2.70 bits per heavy atom. The van der Waals surface area contributed by atoms with Crippen molar-refractivity contribution < 1.29 is 18.7 Å². The highest BCUT2D eigenvalue weighted by Crippen LogP contribution is 2.46. The predicted octanol–water partition coefficient (Wildman–Crippen LogP) is 5.40. The summed E-state index contributed by atoms with van der Waals surface area (Å²) in [5, 5.41) is 4.42. The molecule has 0 aliphatic carbocycles. The van der Waals surface area contributed by atoms with E-state index in [0.29, 0.717) is 5.76 Å². The first kappa shape index (κ1) is 21.2. The molecule has 7 heteroatoms. The summed E-state index contributed by atoms with van der Waals surface area (Å²) < 4.78 is 27.2. The number of benzene rings is 2. The lowest BCUT2D eigenvalue weighted by Gasteiger charge is -2.35. The van der Waals surface area contributed by atoms with Crippen LogP contribution in [0, 0.1) is 18.7 Å². The third-order valence-corrected chi connectivity index (χ3v) is 6.39. The van der Waals surface area contributed by atoms with Crippen LogP contribution in [0.1, 0.15) is 37.1 Å². The Hall–Kier alpha value is -3.61. The number of imidazole rings is 1. The monoisotopic (exact) mass is 447 g/mol. The maximum Gasteiger partial charge on any atom is 0.168 e. The first-order chi connectivity index (χ1) is 15.9. The molecule has 2 aromatic carbocycles. The lowest BCUT2D eigenvalue weighted by atomic mass is 9.76. The van der Waals surface area contributed by atoms with Crippen LogP contribution in [-0.4, -0.2) is 28.5 Å². The molecule has 2 aliphatic rings. The molecule has 0 bridgehead atoms. The Labute approximate surface area is 192 Å². The molecule has 6 nitrogen and oxygen atoms in total. The standard InChI is InChI=1S/C26H26FN3O3/c1-16-14-30(15-28-16)22-10-5-18(12-23(22)31-4)13-24-25-21(11-17(2)32-24)26(3,33-29-25)19-6-8-20(27)9-7-19/h5-10,12-15,17,21H,11H2,1-4H3/b24-13-/t17-,21?,26+/m0/s1. The number of oxime groups is 1. The maximum atomic E-state index is 13.5. The van der Waals surface area contributed by atoms with Gasteiger partial charge in [0.05, 0.1) is 36.8 Å². The second-order valence-corrected chi connectivity index (χ2v) is 8.76. The molecule has 0 radical (unpaired) electrons. The molecule has 2 aliphatic heterocycles. The lowest BCUT2D eigenvalue weighted by molar-refractivity contribution is -0.0469. The lowest BCUT2D eigenvalue weighted by Crippen LogP contribution is -2.40. The van der Waals surface area contributed by atoms with Gasteiger partial charge >= 0.3 is 0 Å². The molecule has 1 saturated heterocycles. The van der Waals surface area contributed by atoms with Crippen molar-refractivity contribution in [3.8, 4) is 11.4 Å². The molecule has 3 atom stereocenters. The average Bonchev–Trinajstić information content (AvgIpc) is 3.38. The number of rotatable bonds is 4. The van der Waals surface area contributed by atoms with Crippen molar-refractivity contribution >= 4 is 11.8 Å². The normalized spacial score (nSPS) is 25.2. The molecule has 1 unspecified atom stereocenters. The molecule has 1 aromatic heterocycles. The quantitative estimate of drug-likeness (QED) is 0.538. The van der Waals surface area contributed by atoms with Crippen LogP contribution >= 0.6 is 0 Å². The van der Waals surface area contributed by atoms with E-state index in [4.69, 9.17) is 14.3 Å². The summed E-state index contributed by atoms with van der Waals surface area (Å²) in [6, 6.07) is 12.4. The van der Waals surface area contributed by atoms with E-state index >= 15 is 0 Å². The van der Waals surface area contributed by atoms with Gasteiger partial charge in [0.25, 0.3) is 0 Å². The molecule has 0 spiro atoms. The number of aromatic nitrogens is 2. The fourth-order valence-electron chi connectivity index (χ4n) is 4.59. The van der Waals surface area contributed by atoms with Crippen LogP contribution in [0.5, 0.6) is 5.75 Å². The molecule has 3 aromatic rings. The summed E-state index contributed by atoms with van der Waals surface area (Å²) in [6.45, 7) is 5.99. The smallest absolute Gasteiger partial charge is 0.168 e. The Balaban J connectivity index is 1.48. The molecule has 0 saturated carbocycles. The van der Waals surface area contributed by atoms with Crippen LogP contribution in [0.2, 0.25) is 0 Å². The zero-order chi connectivity index (χ0) is 23.2. The van der Waals surface area contributed by atoms with E-state index in [-0.39, 0.29) is 17.8 Å². The second kappa shape index (κ2) is 8.06. The molecule has 0 amide bonds. The molecular weight excluding hydrogens is 421 g/mol. The first-order valence-corrected chi connectivity index (χ1v) is 11.0. The highest BCUT2D eigenvalue weighted by atomic mass is 19.1. The van der Waals surface area contributed by atoms with Gasteiger partial charge in [-0.25, -0.2) is 9.37 Å². The van der Waals surface area contributed by atoms with E-state index in [9.17, 15) is 4.39 Å². The molecule has 33 heavy (non-hydrogen) atoms. The summed E-state index contributed by atoms with van der Waals surface area (Å²) in [6.07, 6.45) is 6.42. The van der Waals surface area contributed by atoms with Gasteiger partial charge in [-0.15, -0.1) is 0 Å². The Kier molecular flexibility index (Phi) is 5.19. The van der Waals surface area contributed by atoms with Crippen molar-refractivity contribution in [1.82, 2.24) is 9.55 Å². The summed E-state index contributed by atoms with van der Waals surface area (Å²) in [4.78, 5) is 10.3. The van der Waals surface area contributed by atoms with Gasteiger partial charge in [-0.05, 0) is 68.7 Å². The van der Waals surface area contributed by atoms with Crippen molar-refractivity contribution in [2.24, 2.45) is 11.1 Å².